The van der Waals surface area contributed by atoms with E-state index >= 15 is 0 Å². The number of ether oxygens (including phenoxy) is 1. The van der Waals surface area contributed by atoms with E-state index in [0.29, 0.717) is 16.4 Å². The van der Waals surface area contributed by atoms with Gasteiger partial charge in [0.25, 0.3) is 5.89 Å². The Morgan fingerprint density at radius 2 is 1.74 bits per heavy atom. The molecule has 0 unspecified atom stereocenters. The van der Waals surface area contributed by atoms with E-state index in [2.05, 4.69) is 27.2 Å². The number of morpholine rings is 1. The highest BCUT2D eigenvalue weighted by molar-refractivity contribution is 6.50. The van der Waals surface area contributed by atoms with Gasteiger partial charge >= 0.3 is 0 Å². The normalized spacial score (nSPS) is 15.2. The van der Waals surface area contributed by atoms with E-state index in [1.807, 2.05) is 12.1 Å². The summed E-state index contributed by atoms with van der Waals surface area (Å²) in [5, 5.41) is 4.24. The molecule has 0 bridgehead atoms. The lowest BCUT2D eigenvalue weighted by molar-refractivity contribution is 0.122. The third-order valence-electron chi connectivity index (χ3n) is 4.30. The molecule has 0 aliphatic carbocycles. The summed E-state index contributed by atoms with van der Waals surface area (Å²) in [6.07, 6.45) is 1.77. The summed E-state index contributed by atoms with van der Waals surface area (Å²) in [5.74, 6) is 0.258. The van der Waals surface area contributed by atoms with Crippen molar-refractivity contribution in [2.75, 3.05) is 31.2 Å². The molecule has 4 rings (SSSR count). The minimum Gasteiger partial charge on any atom is -0.378 e. The Morgan fingerprint density at radius 3 is 2.44 bits per heavy atom. The van der Waals surface area contributed by atoms with Crippen LogP contribution >= 0.6 is 11.6 Å². The molecule has 0 N–H and O–H groups in total. The topological polar surface area (TPSA) is 51.4 Å². The molecule has 2 heterocycles. The monoisotopic (exact) mass is 385 g/mol. The first-order valence-corrected chi connectivity index (χ1v) is 8.97. The second kappa shape index (κ2) is 7.90. The van der Waals surface area contributed by atoms with Gasteiger partial charge in [0, 0.05) is 24.3 Å². The van der Waals surface area contributed by atoms with E-state index in [1.165, 1.54) is 12.1 Å². The maximum Gasteiger partial charge on any atom is 0.269 e. The van der Waals surface area contributed by atoms with Crippen molar-refractivity contribution in [3.8, 4) is 11.4 Å². The first kappa shape index (κ1) is 17.7. The predicted molar refractivity (Wildman–Crippen MR) is 103 cm³/mol. The first-order valence-electron chi connectivity index (χ1n) is 8.59. The molecule has 0 atom stereocenters. The third kappa shape index (κ3) is 4.18. The number of rotatable bonds is 4. The first-order chi connectivity index (χ1) is 13.2. The SMILES string of the molecule is Fc1ccc(-c2noc(/C(Cl)=C/c3ccc(N4CCOCC4)cc3)n2)cc1. The molecule has 1 aliphatic rings. The van der Waals surface area contributed by atoms with Crippen molar-refractivity contribution in [1.82, 2.24) is 10.1 Å². The van der Waals surface area contributed by atoms with Crippen LogP contribution < -0.4 is 4.90 Å². The summed E-state index contributed by atoms with van der Waals surface area (Å²) < 4.78 is 23.6. The van der Waals surface area contributed by atoms with Crippen LogP contribution in [0.4, 0.5) is 10.1 Å². The molecule has 1 saturated heterocycles. The highest BCUT2D eigenvalue weighted by atomic mass is 35.5. The number of hydrogen-bond donors (Lipinski definition) is 0. The summed E-state index contributed by atoms with van der Waals surface area (Å²) in [4.78, 5) is 6.56. The maximum atomic E-state index is 13.0. The fraction of sp³-hybridized carbons (Fsp3) is 0.200. The van der Waals surface area contributed by atoms with Crippen LogP contribution in [0.25, 0.3) is 22.5 Å². The summed E-state index contributed by atoms with van der Waals surface area (Å²) >= 11 is 6.33. The maximum absolute atomic E-state index is 13.0. The van der Waals surface area contributed by atoms with Gasteiger partial charge in [-0.2, -0.15) is 4.98 Å². The number of halogens is 2. The van der Waals surface area contributed by atoms with Gasteiger partial charge < -0.3 is 14.2 Å². The van der Waals surface area contributed by atoms with Crippen LogP contribution in [0.15, 0.2) is 53.1 Å². The Kier molecular flexibility index (Phi) is 5.18. The zero-order valence-corrected chi connectivity index (χ0v) is 15.2. The van der Waals surface area contributed by atoms with Crippen molar-refractivity contribution < 1.29 is 13.7 Å². The van der Waals surface area contributed by atoms with E-state index < -0.39 is 0 Å². The second-order valence-corrected chi connectivity index (χ2v) is 6.52. The van der Waals surface area contributed by atoms with E-state index in [1.54, 1.807) is 18.2 Å². The number of anilines is 1. The largest absolute Gasteiger partial charge is 0.378 e. The van der Waals surface area contributed by atoms with Crippen molar-refractivity contribution in [2.45, 2.75) is 0 Å². The van der Waals surface area contributed by atoms with Crippen molar-refractivity contribution in [3.63, 3.8) is 0 Å². The second-order valence-electron chi connectivity index (χ2n) is 6.11. The quantitative estimate of drug-likeness (QED) is 0.664. The number of aromatic nitrogens is 2. The predicted octanol–water partition coefficient (Wildman–Crippen LogP) is 4.45. The van der Waals surface area contributed by atoms with E-state index in [-0.39, 0.29) is 11.7 Å². The summed E-state index contributed by atoms with van der Waals surface area (Å²) in [5.41, 5.74) is 2.74. The standard InChI is InChI=1S/C20H17ClFN3O2/c21-18(20-23-19(24-27-20)15-3-5-16(22)6-4-15)13-14-1-7-17(8-2-14)25-9-11-26-12-10-25/h1-8,13H,9-12H2/b18-13-. The molecule has 0 spiro atoms. The minimum absolute atomic E-state index is 0.216. The molecule has 27 heavy (non-hydrogen) atoms. The van der Waals surface area contributed by atoms with Gasteiger partial charge in [0.2, 0.25) is 5.82 Å². The van der Waals surface area contributed by atoms with Crippen LogP contribution in [0.5, 0.6) is 0 Å². The molecule has 0 radical (unpaired) electrons. The zero-order valence-electron chi connectivity index (χ0n) is 14.4. The molecular formula is C20H17ClFN3O2. The molecule has 2 aromatic carbocycles. The van der Waals surface area contributed by atoms with Crippen LogP contribution in [0.3, 0.4) is 0 Å². The number of benzene rings is 2. The molecule has 5 nitrogen and oxygen atoms in total. The van der Waals surface area contributed by atoms with Gasteiger partial charge in [-0.25, -0.2) is 4.39 Å². The summed E-state index contributed by atoms with van der Waals surface area (Å²) in [6, 6.07) is 14.0. The smallest absolute Gasteiger partial charge is 0.269 e. The lowest BCUT2D eigenvalue weighted by atomic mass is 10.1. The highest BCUT2D eigenvalue weighted by Gasteiger charge is 2.13. The lowest BCUT2D eigenvalue weighted by Crippen LogP contribution is -2.36. The molecule has 0 amide bonds. The van der Waals surface area contributed by atoms with Crippen LogP contribution in [-0.4, -0.2) is 36.4 Å². The number of nitrogens with zero attached hydrogens (tertiary/aromatic N) is 3. The Bertz CT molecular complexity index is 933. The van der Waals surface area contributed by atoms with E-state index in [4.69, 9.17) is 20.9 Å². The fourth-order valence-electron chi connectivity index (χ4n) is 2.85. The molecule has 0 saturated carbocycles. The molecule has 1 aromatic heterocycles. The third-order valence-corrected chi connectivity index (χ3v) is 4.57. The van der Waals surface area contributed by atoms with Crippen LogP contribution in [0, 0.1) is 5.82 Å². The molecule has 1 aliphatic heterocycles. The highest BCUT2D eigenvalue weighted by Crippen LogP contribution is 2.25. The number of hydrogen-bond acceptors (Lipinski definition) is 5. The summed E-state index contributed by atoms with van der Waals surface area (Å²) in [7, 11) is 0. The Hall–Kier alpha value is -2.70. The van der Waals surface area contributed by atoms with E-state index in [9.17, 15) is 4.39 Å². The molecule has 138 valence electrons. The van der Waals surface area contributed by atoms with Gasteiger partial charge in [-0.3, -0.25) is 0 Å². The van der Waals surface area contributed by atoms with E-state index in [0.717, 1.165) is 37.6 Å². The van der Waals surface area contributed by atoms with Gasteiger partial charge in [0.1, 0.15) is 10.8 Å². The van der Waals surface area contributed by atoms with Gasteiger partial charge in [0.15, 0.2) is 0 Å². The van der Waals surface area contributed by atoms with Gasteiger partial charge in [-0.15, -0.1) is 0 Å². The van der Waals surface area contributed by atoms with Crippen LogP contribution in [0.2, 0.25) is 0 Å². The van der Waals surface area contributed by atoms with Crippen molar-refractivity contribution in [3.05, 3.63) is 65.8 Å². The summed E-state index contributed by atoms with van der Waals surface area (Å²) in [6.45, 7) is 3.29. The average Bonchev–Trinajstić information content (AvgIpc) is 3.20. The fourth-order valence-corrected chi connectivity index (χ4v) is 3.05. The Morgan fingerprint density at radius 1 is 1.04 bits per heavy atom. The molecule has 3 aromatic rings. The minimum atomic E-state index is -0.319. The lowest BCUT2D eigenvalue weighted by Gasteiger charge is -2.28. The van der Waals surface area contributed by atoms with Gasteiger partial charge in [-0.1, -0.05) is 28.9 Å². The van der Waals surface area contributed by atoms with Gasteiger partial charge in [0.05, 0.1) is 13.2 Å². The zero-order chi connectivity index (χ0) is 18.6. The van der Waals surface area contributed by atoms with Gasteiger partial charge in [-0.05, 0) is 48.0 Å². The van der Waals surface area contributed by atoms with Crippen LogP contribution in [0.1, 0.15) is 11.5 Å². The van der Waals surface area contributed by atoms with Crippen molar-refractivity contribution in [1.29, 1.82) is 0 Å². The van der Waals surface area contributed by atoms with Crippen LogP contribution in [-0.2, 0) is 4.74 Å². The average molecular weight is 386 g/mol. The van der Waals surface area contributed by atoms with Crippen molar-refractivity contribution >= 4 is 28.4 Å². The molecular weight excluding hydrogens is 369 g/mol. The van der Waals surface area contributed by atoms with Crippen molar-refractivity contribution in [2.24, 2.45) is 0 Å². The molecule has 1 fully saturated rings. The Labute approximate surface area is 161 Å². The Balaban J connectivity index is 1.49. The molecule has 7 heteroatoms.